The predicted molar refractivity (Wildman–Crippen MR) is 78.4 cm³/mol. The molecule has 1 N–H and O–H groups in total. The molecule has 0 aromatic heterocycles. The molecule has 0 aliphatic rings. The van der Waals surface area contributed by atoms with E-state index in [9.17, 15) is 4.79 Å². The zero-order valence-corrected chi connectivity index (χ0v) is 11.8. The van der Waals surface area contributed by atoms with Gasteiger partial charge in [0.15, 0.2) is 0 Å². The van der Waals surface area contributed by atoms with Crippen LogP contribution < -0.4 is 4.90 Å². The Morgan fingerprint density at radius 3 is 2.74 bits per heavy atom. The third kappa shape index (κ3) is 3.75. The molecule has 1 aromatic rings. The minimum absolute atomic E-state index is 0.426. The number of terminal acetylenes is 1. The molecule has 1 aromatic carbocycles. The number of benzene rings is 1. The standard InChI is InChI=1S/C16H21NO2/c1-5-10-17(11-13(4)16(18)19)15-12(3)8-7-9-14(15)6-2/h1,7-9,13H,6,10-11H2,2-4H3,(H,18,19). The van der Waals surface area contributed by atoms with E-state index in [4.69, 9.17) is 11.5 Å². The Bertz CT molecular complexity index is 488. The highest BCUT2D eigenvalue weighted by Crippen LogP contribution is 2.26. The lowest BCUT2D eigenvalue weighted by molar-refractivity contribution is -0.140. The molecule has 0 fully saturated rings. The number of para-hydroxylation sites is 1. The number of hydrogen-bond acceptors (Lipinski definition) is 2. The summed E-state index contributed by atoms with van der Waals surface area (Å²) in [7, 11) is 0. The Kier molecular flexibility index (Phi) is 5.44. The van der Waals surface area contributed by atoms with Crippen molar-refractivity contribution in [3.05, 3.63) is 29.3 Å². The van der Waals surface area contributed by atoms with Crippen molar-refractivity contribution in [2.24, 2.45) is 5.92 Å². The van der Waals surface area contributed by atoms with Crippen LogP contribution in [0.15, 0.2) is 18.2 Å². The molecule has 3 nitrogen and oxygen atoms in total. The number of carboxylic acid groups (broad SMARTS) is 1. The van der Waals surface area contributed by atoms with Gasteiger partial charge < -0.3 is 10.0 Å². The summed E-state index contributed by atoms with van der Waals surface area (Å²) in [6.45, 7) is 6.68. The van der Waals surface area contributed by atoms with Gasteiger partial charge in [0.2, 0.25) is 0 Å². The molecule has 0 saturated carbocycles. The summed E-state index contributed by atoms with van der Waals surface area (Å²) in [5.41, 5.74) is 3.41. The van der Waals surface area contributed by atoms with Crippen LogP contribution in [0.5, 0.6) is 0 Å². The fourth-order valence-electron chi connectivity index (χ4n) is 2.21. The van der Waals surface area contributed by atoms with Gasteiger partial charge in [0.25, 0.3) is 0 Å². The number of carbonyl (C=O) groups is 1. The van der Waals surface area contributed by atoms with Crippen LogP contribution in [0.3, 0.4) is 0 Å². The lowest BCUT2D eigenvalue weighted by Crippen LogP contribution is -2.33. The molecule has 1 rings (SSSR count). The molecule has 0 saturated heterocycles. The number of aliphatic carboxylic acids is 1. The van der Waals surface area contributed by atoms with Gasteiger partial charge in [-0.3, -0.25) is 4.79 Å². The highest BCUT2D eigenvalue weighted by atomic mass is 16.4. The molecular weight excluding hydrogens is 238 g/mol. The normalized spacial score (nSPS) is 11.7. The van der Waals surface area contributed by atoms with E-state index < -0.39 is 11.9 Å². The summed E-state index contributed by atoms with van der Waals surface area (Å²) >= 11 is 0. The van der Waals surface area contributed by atoms with E-state index in [-0.39, 0.29) is 0 Å². The van der Waals surface area contributed by atoms with Gasteiger partial charge in [0.05, 0.1) is 12.5 Å². The molecule has 19 heavy (non-hydrogen) atoms. The van der Waals surface area contributed by atoms with Crippen molar-refractivity contribution >= 4 is 11.7 Å². The monoisotopic (exact) mass is 259 g/mol. The molecule has 1 unspecified atom stereocenters. The van der Waals surface area contributed by atoms with E-state index >= 15 is 0 Å². The maximum absolute atomic E-state index is 11.0. The van der Waals surface area contributed by atoms with Crippen LogP contribution in [-0.2, 0) is 11.2 Å². The van der Waals surface area contributed by atoms with Gasteiger partial charge in [-0.05, 0) is 24.5 Å². The van der Waals surface area contributed by atoms with Crippen molar-refractivity contribution in [2.75, 3.05) is 18.0 Å². The Morgan fingerprint density at radius 2 is 2.21 bits per heavy atom. The van der Waals surface area contributed by atoms with Crippen molar-refractivity contribution in [1.82, 2.24) is 0 Å². The van der Waals surface area contributed by atoms with Gasteiger partial charge in [-0.2, -0.15) is 0 Å². The maximum Gasteiger partial charge on any atom is 0.308 e. The fourth-order valence-corrected chi connectivity index (χ4v) is 2.21. The number of carboxylic acids is 1. The zero-order valence-electron chi connectivity index (χ0n) is 11.8. The van der Waals surface area contributed by atoms with E-state index in [0.29, 0.717) is 13.1 Å². The summed E-state index contributed by atoms with van der Waals surface area (Å²) in [5.74, 6) is 1.38. The first-order chi connectivity index (χ1) is 9.01. The highest BCUT2D eigenvalue weighted by Gasteiger charge is 2.19. The Hall–Kier alpha value is -1.95. The van der Waals surface area contributed by atoms with Gasteiger partial charge in [0, 0.05) is 12.2 Å². The smallest absolute Gasteiger partial charge is 0.308 e. The van der Waals surface area contributed by atoms with Crippen molar-refractivity contribution < 1.29 is 9.90 Å². The molecular formula is C16H21NO2. The minimum Gasteiger partial charge on any atom is -0.481 e. The van der Waals surface area contributed by atoms with Crippen molar-refractivity contribution in [1.29, 1.82) is 0 Å². The third-order valence-electron chi connectivity index (χ3n) is 3.22. The van der Waals surface area contributed by atoms with Crippen LogP contribution in [0.2, 0.25) is 0 Å². The van der Waals surface area contributed by atoms with E-state index in [2.05, 4.69) is 18.9 Å². The SMILES string of the molecule is C#CCN(CC(C)C(=O)O)c1c(C)cccc1CC. The summed E-state index contributed by atoms with van der Waals surface area (Å²) < 4.78 is 0. The van der Waals surface area contributed by atoms with Crippen molar-refractivity contribution in [3.8, 4) is 12.3 Å². The molecule has 0 aliphatic heterocycles. The average Bonchev–Trinajstić information content (AvgIpc) is 2.37. The Labute approximate surface area is 115 Å². The fraction of sp³-hybridized carbons (Fsp3) is 0.438. The molecule has 102 valence electrons. The summed E-state index contributed by atoms with van der Waals surface area (Å²) in [6, 6.07) is 6.12. The molecule has 0 amide bonds. The van der Waals surface area contributed by atoms with Gasteiger partial charge in [-0.1, -0.05) is 38.0 Å². The number of aryl methyl sites for hydroxylation is 2. The lowest BCUT2D eigenvalue weighted by Gasteiger charge is -2.28. The first kappa shape index (κ1) is 15.1. The molecule has 0 radical (unpaired) electrons. The Balaban J connectivity index is 3.12. The number of hydrogen-bond donors (Lipinski definition) is 1. The first-order valence-corrected chi connectivity index (χ1v) is 6.50. The molecule has 0 bridgehead atoms. The molecule has 1 atom stereocenters. The largest absolute Gasteiger partial charge is 0.481 e. The van der Waals surface area contributed by atoms with E-state index in [1.54, 1.807) is 6.92 Å². The van der Waals surface area contributed by atoms with Gasteiger partial charge in [-0.25, -0.2) is 0 Å². The topological polar surface area (TPSA) is 40.5 Å². The zero-order chi connectivity index (χ0) is 14.4. The first-order valence-electron chi connectivity index (χ1n) is 6.50. The second kappa shape index (κ2) is 6.84. The molecule has 0 heterocycles. The molecule has 0 spiro atoms. The summed E-state index contributed by atoms with van der Waals surface area (Å²) in [6.07, 6.45) is 6.32. The van der Waals surface area contributed by atoms with Crippen LogP contribution >= 0.6 is 0 Å². The maximum atomic E-state index is 11.0. The molecule has 3 heteroatoms. The van der Waals surface area contributed by atoms with Gasteiger partial charge >= 0.3 is 5.97 Å². The summed E-state index contributed by atoms with van der Waals surface area (Å²) in [4.78, 5) is 13.0. The second-order valence-corrected chi connectivity index (χ2v) is 4.76. The lowest BCUT2D eigenvalue weighted by atomic mass is 10.0. The Morgan fingerprint density at radius 1 is 1.53 bits per heavy atom. The highest BCUT2D eigenvalue weighted by molar-refractivity contribution is 5.71. The third-order valence-corrected chi connectivity index (χ3v) is 3.22. The van der Waals surface area contributed by atoms with E-state index in [1.165, 1.54) is 5.56 Å². The van der Waals surface area contributed by atoms with Crippen molar-refractivity contribution in [3.63, 3.8) is 0 Å². The second-order valence-electron chi connectivity index (χ2n) is 4.76. The number of rotatable bonds is 6. The van der Waals surface area contributed by atoms with Crippen LogP contribution in [0.25, 0.3) is 0 Å². The van der Waals surface area contributed by atoms with Gasteiger partial charge in [0.1, 0.15) is 0 Å². The summed E-state index contributed by atoms with van der Waals surface area (Å²) in [5, 5.41) is 9.06. The van der Waals surface area contributed by atoms with Crippen LogP contribution in [-0.4, -0.2) is 24.2 Å². The quantitative estimate of drug-likeness (QED) is 0.799. The average molecular weight is 259 g/mol. The number of anilines is 1. The predicted octanol–water partition coefficient (Wildman–Crippen LogP) is 2.72. The minimum atomic E-state index is -0.798. The van der Waals surface area contributed by atoms with Crippen LogP contribution in [0.1, 0.15) is 25.0 Å². The van der Waals surface area contributed by atoms with Crippen LogP contribution in [0.4, 0.5) is 5.69 Å². The van der Waals surface area contributed by atoms with E-state index in [1.807, 2.05) is 24.0 Å². The molecule has 0 aliphatic carbocycles. The van der Waals surface area contributed by atoms with Gasteiger partial charge in [-0.15, -0.1) is 6.42 Å². The van der Waals surface area contributed by atoms with Crippen molar-refractivity contribution in [2.45, 2.75) is 27.2 Å². The van der Waals surface area contributed by atoms with Crippen LogP contribution in [0, 0.1) is 25.2 Å². The number of nitrogens with zero attached hydrogens (tertiary/aromatic N) is 1. The van der Waals surface area contributed by atoms with E-state index in [0.717, 1.165) is 17.7 Å².